The topological polar surface area (TPSA) is 71.8 Å². The maximum absolute atomic E-state index is 14.3. The molecule has 0 bridgehead atoms. The number of esters is 1. The van der Waals surface area contributed by atoms with Gasteiger partial charge in [0.05, 0.1) is 32.8 Å². The van der Waals surface area contributed by atoms with Crippen molar-refractivity contribution in [3.05, 3.63) is 95.1 Å². The Morgan fingerprint density at radius 1 is 1.05 bits per heavy atom. The van der Waals surface area contributed by atoms with E-state index in [1.165, 1.54) is 24.3 Å². The predicted molar refractivity (Wildman–Crippen MR) is 152 cm³/mol. The fraction of sp³-hybridized carbons (Fsp3) is 0.394. The summed E-state index contributed by atoms with van der Waals surface area (Å²) in [5.74, 6) is -0.150. The van der Waals surface area contributed by atoms with Gasteiger partial charge in [-0.2, -0.15) is 5.26 Å². The van der Waals surface area contributed by atoms with Crippen molar-refractivity contribution in [1.29, 1.82) is 5.26 Å². The molecule has 6 nitrogen and oxygen atoms in total. The average molecular weight is 563 g/mol. The Kier molecular flexibility index (Phi) is 10.3. The zero-order valence-corrected chi connectivity index (χ0v) is 23.6. The molecule has 4 rings (SSSR count). The number of nitriles is 1. The van der Waals surface area contributed by atoms with E-state index >= 15 is 0 Å². The van der Waals surface area contributed by atoms with E-state index in [0.717, 1.165) is 37.9 Å². The summed E-state index contributed by atoms with van der Waals surface area (Å²) < 4.78 is 45.2. The molecule has 1 saturated heterocycles. The molecule has 1 atom stereocenters. The lowest BCUT2D eigenvalue weighted by Gasteiger charge is -2.42. The van der Waals surface area contributed by atoms with Crippen molar-refractivity contribution < 1.29 is 27.8 Å². The van der Waals surface area contributed by atoms with Crippen LogP contribution in [0.1, 0.15) is 42.9 Å². The molecule has 1 aliphatic rings. The summed E-state index contributed by atoms with van der Waals surface area (Å²) in [6.45, 7) is 4.79. The van der Waals surface area contributed by atoms with Gasteiger partial charge in [-0.25, -0.2) is 8.78 Å². The van der Waals surface area contributed by atoms with E-state index in [-0.39, 0.29) is 18.3 Å². The first-order valence-corrected chi connectivity index (χ1v) is 14.0. The number of benzene rings is 3. The molecule has 0 radical (unpaired) electrons. The van der Waals surface area contributed by atoms with Crippen LogP contribution in [-0.4, -0.2) is 50.8 Å². The molecular weight excluding hydrogens is 526 g/mol. The standard InChI is InChI=1S/C33H36F2N2O4/c1-3-40-32(38)19-24-13-14-30(31(18-24)39-2)41-17-7-16-37-15-6-10-27(22-37)33(23-36,25-8-4-11-28(34)20-25)26-9-5-12-29(35)21-26/h4-5,8-9,11-14,18,20-21,27H,3,6-7,10,15-17,19,22H2,1-2H3. The average Bonchev–Trinajstić information content (AvgIpc) is 2.97. The van der Waals surface area contributed by atoms with Crippen LogP contribution in [0.5, 0.6) is 11.5 Å². The predicted octanol–water partition coefficient (Wildman–Crippen LogP) is 6.07. The highest BCUT2D eigenvalue weighted by Gasteiger charge is 2.44. The first-order chi connectivity index (χ1) is 19.9. The normalized spacial score (nSPS) is 15.6. The van der Waals surface area contributed by atoms with Crippen LogP contribution in [0.25, 0.3) is 0 Å². The number of halogens is 2. The second-order valence-electron chi connectivity index (χ2n) is 10.2. The Morgan fingerprint density at radius 2 is 1.76 bits per heavy atom. The van der Waals surface area contributed by atoms with Gasteiger partial charge in [-0.15, -0.1) is 0 Å². The quantitative estimate of drug-likeness (QED) is 0.197. The minimum atomic E-state index is -1.18. The van der Waals surface area contributed by atoms with E-state index in [1.807, 2.05) is 6.07 Å². The van der Waals surface area contributed by atoms with Crippen molar-refractivity contribution in [3.63, 3.8) is 0 Å². The van der Waals surface area contributed by atoms with E-state index in [4.69, 9.17) is 14.2 Å². The van der Waals surface area contributed by atoms with E-state index in [2.05, 4.69) is 11.0 Å². The highest BCUT2D eigenvalue weighted by atomic mass is 19.1. The zero-order valence-electron chi connectivity index (χ0n) is 23.6. The van der Waals surface area contributed by atoms with Crippen LogP contribution < -0.4 is 9.47 Å². The van der Waals surface area contributed by atoms with Gasteiger partial charge in [-0.1, -0.05) is 30.3 Å². The molecular formula is C33H36F2N2O4. The number of hydrogen-bond donors (Lipinski definition) is 0. The molecule has 0 aromatic heterocycles. The number of hydrogen-bond acceptors (Lipinski definition) is 6. The monoisotopic (exact) mass is 562 g/mol. The maximum atomic E-state index is 14.3. The molecule has 1 fully saturated rings. The number of carbonyl (C=O) groups excluding carboxylic acids is 1. The molecule has 8 heteroatoms. The Balaban J connectivity index is 1.43. The molecule has 3 aromatic carbocycles. The van der Waals surface area contributed by atoms with Crippen LogP contribution in [0.3, 0.4) is 0 Å². The summed E-state index contributed by atoms with van der Waals surface area (Å²) in [6, 6.07) is 20.1. The fourth-order valence-electron chi connectivity index (χ4n) is 5.73. The summed E-state index contributed by atoms with van der Waals surface area (Å²) in [5, 5.41) is 10.6. The molecule has 0 spiro atoms. The lowest BCUT2D eigenvalue weighted by atomic mass is 9.64. The smallest absolute Gasteiger partial charge is 0.310 e. The van der Waals surface area contributed by atoms with Gasteiger partial charge in [0.25, 0.3) is 0 Å². The lowest BCUT2D eigenvalue weighted by Crippen LogP contribution is -2.46. The number of rotatable bonds is 12. The van der Waals surface area contributed by atoms with Crippen LogP contribution in [-0.2, 0) is 21.4 Å². The summed E-state index contributed by atoms with van der Waals surface area (Å²) >= 11 is 0. The van der Waals surface area contributed by atoms with Crippen LogP contribution in [0, 0.1) is 28.9 Å². The lowest BCUT2D eigenvalue weighted by molar-refractivity contribution is -0.142. The number of ether oxygens (including phenoxy) is 3. The third kappa shape index (κ3) is 7.22. The van der Waals surface area contributed by atoms with Gasteiger partial charge >= 0.3 is 5.97 Å². The van der Waals surface area contributed by atoms with Gasteiger partial charge in [0.1, 0.15) is 17.0 Å². The fourth-order valence-corrected chi connectivity index (χ4v) is 5.73. The summed E-state index contributed by atoms with van der Waals surface area (Å²) in [5.41, 5.74) is 0.682. The van der Waals surface area contributed by atoms with E-state index in [1.54, 1.807) is 50.4 Å². The van der Waals surface area contributed by atoms with Crippen molar-refractivity contribution in [1.82, 2.24) is 4.90 Å². The van der Waals surface area contributed by atoms with Crippen molar-refractivity contribution in [2.24, 2.45) is 5.92 Å². The largest absolute Gasteiger partial charge is 0.493 e. The number of piperidine rings is 1. The van der Waals surface area contributed by atoms with Gasteiger partial charge in [-0.05, 0) is 91.7 Å². The van der Waals surface area contributed by atoms with Crippen molar-refractivity contribution in [2.45, 2.75) is 38.0 Å². The van der Waals surface area contributed by atoms with Crippen LogP contribution in [0.2, 0.25) is 0 Å². The van der Waals surface area contributed by atoms with Gasteiger partial charge in [0, 0.05) is 13.1 Å². The second-order valence-corrected chi connectivity index (χ2v) is 10.2. The maximum Gasteiger partial charge on any atom is 0.310 e. The third-order valence-corrected chi connectivity index (χ3v) is 7.61. The summed E-state index contributed by atoms with van der Waals surface area (Å²) in [6.07, 6.45) is 2.54. The molecule has 0 amide bonds. The highest BCUT2D eigenvalue weighted by Crippen LogP contribution is 2.43. The molecule has 0 N–H and O–H groups in total. The van der Waals surface area contributed by atoms with Gasteiger partial charge in [0.2, 0.25) is 0 Å². The SMILES string of the molecule is CCOC(=O)Cc1ccc(OCCCN2CCCC(C(C#N)(c3cccc(F)c3)c3cccc(F)c3)C2)c(OC)c1. The minimum absolute atomic E-state index is 0.155. The van der Waals surface area contributed by atoms with Crippen molar-refractivity contribution in [2.75, 3.05) is 40.0 Å². The first kappa shape index (κ1) is 30.0. The van der Waals surface area contributed by atoms with Crippen molar-refractivity contribution >= 4 is 5.97 Å². The van der Waals surface area contributed by atoms with Gasteiger partial charge in [-0.3, -0.25) is 4.79 Å². The van der Waals surface area contributed by atoms with Gasteiger partial charge < -0.3 is 19.1 Å². The first-order valence-electron chi connectivity index (χ1n) is 14.0. The van der Waals surface area contributed by atoms with Crippen molar-refractivity contribution in [3.8, 4) is 17.6 Å². The molecule has 41 heavy (non-hydrogen) atoms. The Labute approximate surface area is 240 Å². The minimum Gasteiger partial charge on any atom is -0.493 e. The van der Waals surface area contributed by atoms with Crippen LogP contribution in [0.4, 0.5) is 8.78 Å². The molecule has 3 aromatic rings. The third-order valence-electron chi connectivity index (χ3n) is 7.61. The Hall–Kier alpha value is -3.96. The molecule has 1 aliphatic heterocycles. The Bertz CT molecular complexity index is 1330. The van der Waals surface area contributed by atoms with Crippen LogP contribution in [0.15, 0.2) is 66.7 Å². The summed E-state index contributed by atoms with van der Waals surface area (Å²) in [7, 11) is 1.56. The molecule has 1 unspecified atom stereocenters. The van der Waals surface area contributed by atoms with E-state index in [0.29, 0.717) is 42.4 Å². The molecule has 0 saturated carbocycles. The second kappa shape index (κ2) is 14.1. The number of carbonyl (C=O) groups is 1. The Morgan fingerprint density at radius 3 is 2.37 bits per heavy atom. The van der Waals surface area contributed by atoms with Crippen LogP contribution >= 0.6 is 0 Å². The molecule has 0 aliphatic carbocycles. The van der Waals surface area contributed by atoms with E-state index < -0.39 is 17.0 Å². The van der Waals surface area contributed by atoms with E-state index in [9.17, 15) is 18.8 Å². The molecule has 216 valence electrons. The summed E-state index contributed by atoms with van der Waals surface area (Å²) in [4.78, 5) is 14.1. The number of methoxy groups -OCH3 is 1. The van der Waals surface area contributed by atoms with Gasteiger partial charge in [0.15, 0.2) is 11.5 Å². The number of likely N-dealkylation sites (tertiary alicyclic amines) is 1. The zero-order chi connectivity index (χ0) is 29.2. The number of nitrogens with zero attached hydrogens (tertiary/aromatic N) is 2. The molecule has 1 heterocycles. The highest BCUT2D eigenvalue weighted by molar-refractivity contribution is 5.73.